The Morgan fingerprint density at radius 3 is 2.45 bits per heavy atom. The largest absolute Gasteiger partial charge is 0.495 e. The van der Waals surface area contributed by atoms with Crippen LogP contribution in [0, 0.1) is 0 Å². The molecule has 3 aromatic rings. The number of allylic oxidation sites excluding steroid dienone is 1. The highest BCUT2D eigenvalue weighted by Crippen LogP contribution is 2.45. The molecule has 0 aliphatic carbocycles. The van der Waals surface area contributed by atoms with Crippen LogP contribution in [-0.4, -0.2) is 36.8 Å². The Morgan fingerprint density at radius 1 is 1.10 bits per heavy atom. The number of nitrogens with one attached hydrogen (secondary N) is 1. The Balaban J connectivity index is 1.89. The van der Waals surface area contributed by atoms with Gasteiger partial charge in [0.05, 0.1) is 30.9 Å². The molecule has 0 bridgehead atoms. The van der Waals surface area contributed by atoms with Crippen LogP contribution in [0.2, 0.25) is 10.0 Å². The van der Waals surface area contributed by atoms with Crippen LogP contribution < -0.4 is 25.5 Å². The molecule has 0 amide bonds. The van der Waals surface area contributed by atoms with Crippen molar-refractivity contribution in [1.82, 2.24) is 9.66 Å². The van der Waals surface area contributed by atoms with Crippen molar-refractivity contribution in [2.45, 2.75) is 0 Å². The highest BCUT2D eigenvalue weighted by Gasteiger charge is 2.23. The van der Waals surface area contributed by atoms with Crippen molar-refractivity contribution in [2.24, 2.45) is 10.7 Å². The van der Waals surface area contributed by atoms with Gasteiger partial charge in [-0.2, -0.15) is 0 Å². The number of rotatable bonds is 5. The lowest BCUT2D eigenvalue weighted by Gasteiger charge is -2.28. The van der Waals surface area contributed by atoms with Gasteiger partial charge in [0, 0.05) is 12.3 Å². The second-order valence-electron chi connectivity index (χ2n) is 6.11. The Morgan fingerprint density at radius 2 is 1.79 bits per heavy atom. The fourth-order valence-corrected chi connectivity index (χ4v) is 3.64. The van der Waals surface area contributed by atoms with Crippen molar-refractivity contribution < 1.29 is 9.47 Å². The Kier molecular flexibility index (Phi) is 5.12. The van der Waals surface area contributed by atoms with Crippen LogP contribution in [0.25, 0.3) is 11.0 Å². The van der Waals surface area contributed by atoms with E-state index in [9.17, 15) is 0 Å². The summed E-state index contributed by atoms with van der Waals surface area (Å²) in [5.74, 6) is 1.81. The third-order valence-electron chi connectivity index (χ3n) is 4.45. The number of methoxy groups -OCH3 is 2. The zero-order valence-electron chi connectivity index (χ0n) is 15.7. The minimum Gasteiger partial charge on any atom is -0.495 e. The maximum atomic E-state index is 6.52. The van der Waals surface area contributed by atoms with E-state index in [1.807, 2.05) is 28.9 Å². The zero-order valence-corrected chi connectivity index (χ0v) is 17.2. The first-order valence-corrected chi connectivity index (χ1v) is 9.38. The van der Waals surface area contributed by atoms with Gasteiger partial charge in [0.25, 0.3) is 0 Å². The normalized spacial score (nSPS) is 13.5. The van der Waals surface area contributed by atoms with Crippen LogP contribution >= 0.6 is 23.2 Å². The summed E-state index contributed by atoms with van der Waals surface area (Å²) >= 11 is 13.0. The number of anilines is 2. The Hall–Kier alpha value is -3.10. The first-order valence-electron chi connectivity index (χ1n) is 8.63. The molecule has 0 saturated heterocycles. The number of benzene rings is 2. The summed E-state index contributed by atoms with van der Waals surface area (Å²) in [5, 5.41) is 5.61. The number of aromatic nitrogens is 2. The summed E-state index contributed by atoms with van der Waals surface area (Å²) in [7, 11) is 3.04. The van der Waals surface area contributed by atoms with Crippen LogP contribution in [-0.2, 0) is 0 Å². The lowest BCUT2D eigenvalue weighted by atomic mass is 10.2. The summed E-state index contributed by atoms with van der Waals surface area (Å²) in [4.78, 5) is 8.97. The van der Waals surface area contributed by atoms with Gasteiger partial charge in [-0.25, -0.2) is 14.7 Å². The molecule has 0 saturated carbocycles. The number of nitrogens with two attached hydrogens (primary N) is 1. The van der Waals surface area contributed by atoms with E-state index in [0.717, 1.165) is 11.0 Å². The third kappa shape index (κ3) is 3.30. The van der Waals surface area contributed by atoms with E-state index >= 15 is 0 Å². The van der Waals surface area contributed by atoms with E-state index < -0.39 is 0 Å². The third-order valence-corrected chi connectivity index (χ3v) is 5.20. The first kappa shape index (κ1) is 19.2. The van der Waals surface area contributed by atoms with Crippen LogP contribution in [0.15, 0.2) is 47.2 Å². The molecule has 3 N–H and O–H groups in total. The van der Waals surface area contributed by atoms with E-state index in [1.54, 1.807) is 23.4 Å². The maximum absolute atomic E-state index is 6.52. The van der Waals surface area contributed by atoms with Crippen molar-refractivity contribution >= 4 is 52.1 Å². The highest BCUT2D eigenvalue weighted by molar-refractivity contribution is 6.41. The van der Waals surface area contributed by atoms with E-state index in [-0.39, 0.29) is 0 Å². The number of imidazole rings is 1. The Bertz CT molecular complexity index is 1110. The SMILES string of the molecule is COc1cc(OC)c(Cl)c(Nc2nc3ccccc3n2N2CN=CC=C2N)c1Cl. The Labute approximate surface area is 177 Å². The number of fused-ring (bicyclic) bond motifs is 1. The number of hydrogen-bond donors (Lipinski definition) is 2. The van der Waals surface area contributed by atoms with Crippen LogP contribution in [0.5, 0.6) is 11.5 Å². The van der Waals surface area contributed by atoms with Crippen molar-refractivity contribution in [2.75, 3.05) is 31.2 Å². The molecule has 0 atom stereocenters. The standard InChI is InChI=1S/C19H18Cl2N6O2/c1-28-13-9-14(29-2)17(21)18(16(13)20)25-19-24-11-5-3-4-6-12(11)27(19)26-10-23-8-7-15(26)22/h3-9H,10,22H2,1-2H3,(H,24,25). The minimum atomic E-state index is 0.303. The molecule has 0 spiro atoms. The highest BCUT2D eigenvalue weighted by atomic mass is 35.5. The van der Waals surface area contributed by atoms with Crippen molar-refractivity contribution in [3.8, 4) is 11.5 Å². The summed E-state index contributed by atoms with van der Waals surface area (Å²) < 4.78 is 12.5. The lowest BCUT2D eigenvalue weighted by molar-refractivity contribution is 0.395. The molecule has 2 heterocycles. The molecule has 8 nitrogen and oxygen atoms in total. The van der Waals surface area contributed by atoms with Crippen molar-refractivity contribution in [1.29, 1.82) is 0 Å². The fourth-order valence-electron chi connectivity index (χ4n) is 3.05. The molecule has 1 aliphatic heterocycles. The average Bonchev–Trinajstić information content (AvgIpc) is 3.09. The topological polar surface area (TPSA) is 89.9 Å². The second kappa shape index (κ2) is 7.73. The molecule has 2 aromatic carbocycles. The van der Waals surface area contributed by atoms with E-state index in [2.05, 4.69) is 15.3 Å². The van der Waals surface area contributed by atoms with Crippen molar-refractivity contribution in [3.05, 3.63) is 52.3 Å². The zero-order chi connectivity index (χ0) is 20.5. The van der Waals surface area contributed by atoms with E-state index in [1.165, 1.54) is 14.2 Å². The first-order chi connectivity index (χ1) is 14.0. The van der Waals surface area contributed by atoms with Gasteiger partial charge in [0.2, 0.25) is 5.95 Å². The second-order valence-corrected chi connectivity index (χ2v) is 6.87. The van der Waals surface area contributed by atoms with Gasteiger partial charge in [-0.1, -0.05) is 35.3 Å². The van der Waals surface area contributed by atoms with Gasteiger partial charge in [-0.15, -0.1) is 0 Å². The quantitative estimate of drug-likeness (QED) is 0.635. The molecule has 0 fully saturated rings. The molecule has 10 heteroatoms. The number of ether oxygens (including phenoxy) is 2. The maximum Gasteiger partial charge on any atom is 0.228 e. The van der Waals surface area contributed by atoms with Gasteiger partial charge in [0.15, 0.2) is 0 Å². The van der Waals surface area contributed by atoms with Gasteiger partial charge in [0.1, 0.15) is 34.0 Å². The number of para-hydroxylation sites is 2. The molecule has 4 rings (SSSR count). The van der Waals surface area contributed by atoms with Gasteiger partial charge < -0.3 is 20.5 Å². The van der Waals surface area contributed by atoms with Crippen molar-refractivity contribution in [3.63, 3.8) is 0 Å². The van der Waals surface area contributed by atoms with E-state index in [4.69, 9.17) is 38.4 Å². The minimum absolute atomic E-state index is 0.303. The summed E-state index contributed by atoms with van der Waals surface area (Å²) in [6, 6.07) is 9.30. The summed E-state index contributed by atoms with van der Waals surface area (Å²) in [6.45, 7) is 0.334. The number of hydrogen-bond acceptors (Lipinski definition) is 7. The average molecular weight is 433 g/mol. The van der Waals surface area contributed by atoms with Crippen LogP contribution in [0.1, 0.15) is 0 Å². The molecular weight excluding hydrogens is 415 g/mol. The number of aliphatic imine (C=N–C) groups is 1. The summed E-state index contributed by atoms with van der Waals surface area (Å²) in [6.07, 6.45) is 3.38. The van der Waals surface area contributed by atoms with Crippen LogP contribution in [0.3, 0.4) is 0 Å². The predicted molar refractivity (Wildman–Crippen MR) is 116 cm³/mol. The molecular formula is C19H18Cl2N6O2. The molecule has 1 aliphatic rings. The van der Waals surface area contributed by atoms with E-state index in [0.29, 0.717) is 45.7 Å². The van der Waals surface area contributed by atoms with Gasteiger partial charge in [-0.05, 0) is 18.2 Å². The van der Waals surface area contributed by atoms with Gasteiger partial charge >= 0.3 is 0 Å². The fraction of sp³-hybridized carbons (Fsp3) is 0.158. The van der Waals surface area contributed by atoms with Crippen LogP contribution in [0.4, 0.5) is 11.6 Å². The molecule has 0 unspecified atom stereocenters. The smallest absolute Gasteiger partial charge is 0.228 e. The monoisotopic (exact) mass is 432 g/mol. The molecule has 0 radical (unpaired) electrons. The molecule has 1 aromatic heterocycles. The summed E-state index contributed by atoms with van der Waals surface area (Å²) in [5.41, 5.74) is 8.21. The lowest BCUT2D eigenvalue weighted by Crippen LogP contribution is -2.39. The predicted octanol–water partition coefficient (Wildman–Crippen LogP) is 3.88. The number of nitrogens with zero attached hydrogens (tertiary/aromatic N) is 4. The number of halogens is 2. The van der Waals surface area contributed by atoms with Gasteiger partial charge in [-0.3, -0.25) is 4.99 Å². The molecule has 29 heavy (non-hydrogen) atoms. The molecule has 150 valence electrons.